The van der Waals surface area contributed by atoms with Crippen LogP contribution in [0.5, 0.6) is 0 Å². The summed E-state index contributed by atoms with van der Waals surface area (Å²) in [5, 5.41) is 0. The monoisotopic (exact) mass is 217 g/mol. The van der Waals surface area contributed by atoms with Crippen LogP contribution in [0.25, 0.3) is 0 Å². The molecular formula is C10H19NO4. The second-order valence-corrected chi connectivity index (χ2v) is 3.74. The molecule has 1 aliphatic heterocycles. The first kappa shape index (κ1) is 12.3. The molecule has 1 rings (SSSR count). The second-order valence-electron chi connectivity index (χ2n) is 3.74. The molecule has 1 heterocycles. The van der Waals surface area contributed by atoms with E-state index in [2.05, 4.69) is 0 Å². The fourth-order valence-corrected chi connectivity index (χ4v) is 1.37. The highest BCUT2D eigenvalue weighted by atomic mass is 16.7. The lowest BCUT2D eigenvalue weighted by molar-refractivity contribution is -0.125. The predicted octanol–water partition coefficient (Wildman–Crippen LogP) is 1.23. The van der Waals surface area contributed by atoms with E-state index in [4.69, 9.17) is 14.2 Å². The quantitative estimate of drug-likeness (QED) is 0.667. The molecule has 88 valence electrons. The van der Waals surface area contributed by atoms with E-state index in [1.165, 1.54) is 0 Å². The SMILES string of the molecule is CC(C)OC(C)OC(=O)N1CCOCC1. The lowest BCUT2D eigenvalue weighted by atomic mass is 10.4. The number of amides is 1. The molecule has 1 amide bonds. The summed E-state index contributed by atoms with van der Waals surface area (Å²) in [6.07, 6.45) is -0.774. The van der Waals surface area contributed by atoms with Gasteiger partial charge in [-0.2, -0.15) is 0 Å². The molecule has 0 aromatic heterocycles. The molecule has 0 saturated carbocycles. The van der Waals surface area contributed by atoms with E-state index in [9.17, 15) is 4.79 Å². The maximum Gasteiger partial charge on any atom is 0.412 e. The molecule has 15 heavy (non-hydrogen) atoms. The first-order chi connectivity index (χ1) is 7.09. The summed E-state index contributed by atoms with van der Waals surface area (Å²) in [5.41, 5.74) is 0. The van der Waals surface area contributed by atoms with Gasteiger partial charge in [0.25, 0.3) is 0 Å². The van der Waals surface area contributed by atoms with E-state index in [1.807, 2.05) is 13.8 Å². The Morgan fingerprint density at radius 2 is 1.87 bits per heavy atom. The third-order valence-corrected chi connectivity index (χ3v) is 2.00. The Hall–Kier alpha value is -0.810. The molecule has 1 unspecified atom stereocenters. The first-order valence-corrected chi connectivity index (χ1v) is 5.28. The van der Waals surface area contributed by atoms with Crippen molar-refractivity contribution in [1.29, 1.82) is 0 Å². The van der Waals surface area contributed by atoms with Crippen molar-refractivity contribution < 1.29 is 19.0 Å². The second kappa shape index (κ2) is 5.92. The summed E-state index contributed by atoms with van der Waals surface area (Å²) in [6.45, 7) is 7.86. The van der Waals surface area contributed by atoms with Gasteiger partial charge >= 0.3 is 6.09 Å². The lowest BCUT2D eigenvalue weighted by Gasteiger charge is -2.27. The smallest absolute Gasteiger partial charge is 0.412 e. The number of carbonyl (C=O) groups excluding carboxylic acids is 1. The Morgan fingerprint density at radius 1 is 1.27 bits per heavy atom. The molecule has 0 bridgehead atoms. The number of rotatable bonds is 3. The maximum absolute atomic E-state index is 11.6. The molecule has 1 atom stereocenters. The highest BCUT2D eigenvalue weighted by molar-refractivity contribution is 5.67. The van der Waals surface area contributed by atoms with E-state index >= 15 is 0 Å². The molecule has 5 nitrogen and oxygen atoms in total. The van der Waals surface area contributed by atoms with Crippen LogP contribution in [0.1, 0.15) is 20.8 Å². The fraction of sp³-hybridized carbons (Fsp3) is 0.900. The zero-order valence-electron chi connectivity index (χ0n) is 9.56. The zero-order chi connectivity index (χ0) is 11.3. The van der Waals surface area contributed by atoms with Crippen molar-refractivity contribution in [2.24, 2.45) is 0 Å². The van der Waals surface area contributed by atoms with Crippen molar-refractivity contribution in [1.82, 2.24) is 4.90 Å². The van der Waals surface area contributed by atoms with E-state index in [1.54, 1.807) is 11.8 Å². The van der Waals surface area contributed by atoms with Crippen LogP contribution in [0.4, 0.5) is 4.79 Å². The predicted molar refractivity (Wildman–Crippen MR) is 54.6 cm³/mol. The summed E-state index contributed by atoms with van der Waals surface area (Å²) in [7, 11) is 0. The summed E-state index contributed by atoms with van der Waals surface area (Å²) in [5.74, 6) is 0. The fourth-order valence-electron chi connectivity index (χ4n) is 1.37. The third-order valence-electron chi connectivity index (χ3n) is 2.00. The van der Waals surface area contributed by atoms with E-state index in [0.29, 0.717) is 26.3 Å². The van der Waals surface area contributed by atoms with Crippen LogP contribution < -0.4 is 0 Å². The number of hydrogen-bond donors (Lipinski definition) is 0. The third kappa shape index (κ3) is 4.48. The normalized spacial score (nSPS) is 19.1. The van der Waals surface area contributed by atoms with Gasteiger partial charge in [-0.1, -0.05) is 0 Å². The minimum absolute atomic E-state index is 0.0532. The van der Waals surface area contributed by atoms with Gasteiger partial charge in [-0.3, -0.25) is 0 Å². The van der Waals surface area contributed by atoms with Crippen molar-refractivity contribution in [3.63, 3.8) is 0 Å². The Labute approximate surface area is 90.3 Å². The minimum atomic E-state index is -0.500. The van der Waals surface area contributed by atoms with Crippen LogP contribution in [-0.2, 0) is 14.2 Å². The molecule has 1 aliphatic rings. The van der Waals surface area contributed by atoms with Gasteiger partial charge in [-0.15, -0.1) is 0 Å². The number of hydrogen-bond acceptors (Lipinski definition) is 4. The molecule has 0 N–H and O–H groups in total. The zero-order valence-corrected chi connectivity index (χ0v) is 9.56. The van der Waals surface area contributed by atoms with Crippen LogP contribution in [0.2, 0.25) is 0 Å². The van der Waals surface area contributed by atoms with E-state index in [-0.39, 0.29) is 12.2 Å². The van der Waals surface area contributed by atoms with Crippen LogP contribution >= 0.6 is 0 Å². The Morgan fingerprint density at radius 3 is 2.40 bits per heavy atom. The summed E-state index contributed by atoms with van der Waals surface area (Å²) < 4.78 is 15.6. The van der Waals surface area contributed by atoms with Crippen LogP contribution in [0.15, 0.2) is 0 Å². The summed E-state index contributed by atoms with van der Waals surface area (Å²) in [4.78, 5) is 13.2. The van der Waals surface area contributed by atoms with Crippen molar-refractivity contribution in [3.05, 3.63) is 0 Å². The molecule has 5 heteroatoms. The Balaban J connectivity index is 2.27. The van der Waals surface area contributed by atoms with Gasteiger partial charge in [-0.25, -0.2) is 4.79 Å². The molecule has 0 aromatic rings. The summed E-state index contributed by atoms with van der Waals surface area (Å²) >= 11 is 0. The Bertz CT molecular complexity index is 202. The van der Waals surface area contributed by atoms with Crippen molar-refractivity contribution in [2.75, 3.05) is 26.3 Å². The average Bonchev–Trinajstić information content (AvgIpc) is 2.17. The van der Waals surface area contributed by atoms with Crippen molar-refractivity contribution in [3.8, 4) is 0 Å². The van der Waals surface area contributed by atoms with Gasteiger partial charge in [0, 0.05) is 13.1 Å². The molecule has 1 saturated heterocycles. The van der Waals surface area contributed by atoms with Gasteiger partial charge < -0.3 is 19.1 Å². The molecule has 0 aromatic carbocycles. The largest absolute Gasteiger partial charge is 0.420 e. The highest BCUT2D eigenvalue weighted by Crippen LogP contribution is 2.05. The van der Waals surface area contributed by atoms with Gasteiger partial charge in [0.15, 0.2) is 0 Å². The number of carbonyl (C=O) groups is 1. The van der Waals surface area contributed by atoms with E-state index < -0.39 is 6.29 Å². The van der Waals surface area contributed by atoms with Gasteiger partial charge in [-0.05, 0) is 20.8 Å². The van der Waals surface area contributed by atoms with Crippen LogP contribution in [-0.4, -0.2) is 49.7 Å². The molecule has 0 radical (unpaired) electrons. The van der Waals surface area contributed by atoms with Gasteiger partial charge in [0.1, 0.15) is 0 Å². The number of ether oxygens (including phenoxy) is 3. The molecule has 0 spiro atoms. The van der Waals surface area contributed by atoms with Gasteiger partial charge in [0.2, 0.25) is 6.29 Å². The van der Waals surface area contributed by atoms with Crippen LogP contribution in [0, 0.1) is 0 Å². The van der Waals surface area contributed by atoms with Crippen molar-refractivity contribution >= 4 is 6.09 Å². The molecule has 1 fully saturated rings. The highest BCUT2D eigenvalue weighted by Gasteiger charge is 2.20. The average molecular weight is 217 g/mol. The lowest BCUT2D eigenvalue weighted by Crippen LogP contribution is -2.42. The Kier molecular flexibility index (Phi) is 4.84. The topological polar surface area (TPSA) is 48.0 Å². The van der Waals surface area contributed by atoms with Crippen molar-refractivity contribution in [2.45, 2.75) is 33.2 Å². The molecule has 0 aliphatic carbocycles. The van der Waals surface area contributed by atoms with Gasteiger partial charge in [0.05, 0.1) is 19.3 Å². The van der Waals surface area contributed by atoms with E-state index in [0.717, 1.165) is 0 Å². The maximum atomic E-state index is 11.6. The standard InChI is InChI=1S/C10H19NO4/c1-8(2)14-9(3)15-10(12)11-4-6-13-7-5-11/h8-9H,4-7H2,1-3H3. The number of nitrogens with zero attached hydrogens (tertiary/aromatic N) is 1. The molecular weight excluding hydrogens is 198 g/mol. The first-order valence-electron chi connectivity index (χ1n) is 5.28. The summed E-state index contributed by atoms with van der Waals surface area (Å²) in [6, 6.07) is 0. The minimum Gasteiger partial charge on any atom is -0.420 e. The number of morpholine rings is 1. The van der Waals surface area contributed by atoms with Crippen LogP contribution in [0.3, 0.4) is 0 Å².